The van der Waals surface area contributed by atoms with E-state index in [1.807, 2.05) is 5.38 Å². The van der Waals surface area contributed by atoms with E-state index in [2.05, 4.69) is 36.3 Å². The van der Waals surface area contributed by atoms with E-state index < -0.39 is 5.82 Å². The van der Waals surface area contributed by atoms with Gasteiger partial charge in [-0.3, -0.25) is 0 Å². The Labute approximate surface area is 124 Å². The molecule has 0 bridgehead atoms. The van der Waals surface area contributed by atoms with Gasteiger partial charge in [-0.1, -0.05) is 0 Å². The van der Waals surface area contributed by atoms with Crippen molar-refractivity contribution in [1.82, 2.24) is 19.6 Å². The normalized spacial score (nSPS) is 11.1. The van der Waals surface area contributed by atoms with E-state index >= 15 is 0 Å². The number of halogens is 3. The predicted octanol–water partition coefficient (Wildman–Crippen LogP) is 3.35. The average molecular weight is 363 g/mol. The summed E-state index contributed by atoms with van der Waals surface area (Å²) in [6.07, 6.45) is 1.49. The molecule has 0 aromatic carbocycles. The second kappa shape index (κ2) is 5.03. The molecule has 0 aliphatic rings. The maximum atomic E-state index is 14.0. The summed E-state index contributed by atoms with van der Waals surface area (Å²) in [6, 6.07) is 0. The molecule has 0 fully saturated rings. The molecule has 3 heterocycles. The smallest absolute Gasteiger partial charge is 0.243 e. The van der Waals surface area contributed by atoms with Crippen molar-refractivity contribution in [1.29, 1.82) is 0 Å². The number of aromatic nitrogens is 4. The lowest BCUT2D eigenvalue weighted by molar-refractivity contribution is 0.633. The van der Waals surface area contributed by atoms with Crippen molar-refractivity contribution < 1.29 is 4.39 Å². The van der Waals surface area contributed by atoms with Gasteiger partial charge in [0, 0.05) is 11.6 Å². The summed E-state index contributed by atoms with van der Waals surface area (Å²) in [7, 11) is 0. The Bertz CT molecular complexity index is 729. The van der Waals surface area contributed by atoms with Crippen LogP contribution in [0.2, 0.25) is 5.28 Å². The summed E-state index contributed by atoms with van der Waals surface area (Å²) in [4.78, 5) is 8.14. The Morgan fingerprint density at radius 3 is 3.11 bits per heavy atom. The van der Waals surface area contributed by atoms with Crippen molar-refractivity contribution in [2.45, 2.75) is 6.54 Å². The third kappa shape index (κ3) is 2.43. The van der Waals surface area contributed by atoms with E-state index in [4.69, 9.17) is 11.6 Å². The van der Waals surface area contributed by atoms with Gasteiger partial charge in [-0.15, -0.1) is 16.4 Å². The minimum atomic E-state index is -0.433. The quantitative estimate of drug-likeness (QED) is 0.776. The highest BCUT2D eigenvalue weighted by atomic mass is 79.9. The number of fused-ring (bicyclic) bond motifs is 1. The lowest BCUT2D eigenvalue weighted by Gasteiger charge is -2.06. The number of nitrogens with one attached hydrogen (secondary N) is 1. The van der Waals surface area contributed by atoms with E-state index in [0.29, 0.717) is 16.8 Å². The summed E-state index contributed by atoms with van der Waals surface area (Å²) >= 11 is 10.4. The maximum Gasteiger partial charge on any atom is 0.243 e. The zero-order valence-electron chi connectivity index (χ0n) is 9.27. The molecule has 0 aliphatic carbocycles. The minimum Gasteiger partial charge on any atom is -0.362 e. The third-order valence-electron chi connectivity index (χ3n) is 2.42. The molecule has 98 valence electrons. The largest absolute Gasteiger partial charge is 0.362 e. The fourth-order valence-electron chi connectivity index (χ4n) is 1.61. The van der Waals surface area contributed by atoms with Gasteiger partial charge < -0.3 is 5.32 Å². The van der Waals surface area contributed by atoms with Crippen LogP contribution in [0.5, 0.6) is 0 Å². The van der Waals surface area contributed by atoms with E-state index in [9.17, 15) is 4.39 Å². The first-order chi connectivity index (χ1) is 9.15. The van der Waals surface area contributed by atoms with E-state index in [0.717, 1.165) is 5.69 Å². The molecule has 3 aromatic heterocycles. The molecular weight excluding hydrogens is 357 g/mol. The van der Waals surface area contributed by atoms with Crippen LogP contribution in [0.25, 0.3) is 5.52 Å². The first kappa shape index (κ1) is 12.8. The first-order valence-electron chi connectivity index (χ1n) is 5.16. The number of thiazole rings is 1. The Hall–Kier alpha value is -1.25. The molecule has 1 N–H and O–H groups in total. The topological polar surface area (TPSA) is 55.1 Å². The standard InChI is InChI=1S/C10H6BrClFN5S/c11-6-2-18-8(7(6)13)9(16-10(12)17-18)14-1-5-3-19-4-15-5/h2-4H,1H2,(H,14,16,17). The molecule has 0 saturated carbocycles. The van der Waals surface area contributed by atoms with Crippen molar-refractivity contribution in [2.75, 3.05) is 5.32 Å². The van der Waals surface area contributed by atoms with E-state index in [-0.39, 0.29) is 10.8 Å². The Morgan fingerprint density at radius 1 is 1.53 bits per heavy atom. The average Bonchev–Trinajstić information content (AvgIpc) is 2.96. The van der Waals surface area contributed by atoms with Gasteiger partial charge in [-0.25, -0.2) is 13.9 Å². The molecule has 0 saturated heterocycles. The summed E-state index contributed by atoms with van der Waals surface area (Å²) < 4.78 is 15.6. The van der Waals surface area contributed by atoms with Gasteiger partial charge >= 0.3 is 0 Å². The maximum absolute atomic E-state index is 14.0. The molecule has 0 radical (unpaired) electrons. The highest BCUT2D eigenvalue weighted by Gasteiger charge is 2.16. The molecule has 0 aliphatic heterocycles. The van der Waals surface area contributed by atoms with Crippen LogP contribution < -0.4 is 5.32 Å². The second-order valence-corrected chi connectivity index (χ2v) is 5.56. The lowest BCUT2D eigenvalue weighted by Crippen LogP contribution is -2.06. The number of anilines is 1. The predicted molar refractivity (Wildman–Crippen MR) is 75.1 cm³/mol. The molecule has 3 rings (SSSR count). The number of rotatable bonds is 3. The van der Waals surface area contributed by atoms with Crippen LogP contribution in [-0.4, -0.2) is 19.6 Å². The summed E-state index contributed by atoms with van der Waals surface area (Å²) in [6.45, 7) is 0.439. The van der Waals surface area contributed by atoms with Crippen molar-refractivity contribution in [3.05, 3.63) is 38.4 Å². The van der Waals surface area contributed by atoms with Crippen LogP contribution in [0.15, 0.2) is 21.6 Å². The van der Waals surface area contributed by atoms with Crippen molar-refractivity contribution in [2.24, 2.45) is 0 Å². The number of nitrogens with zero attached hydrogens (tertiary/aromatic N) is 4. The zero-order valence-corrected chi connectivity index (χ0v) is 12.4. The SMILES string of the molecule is Fc1c(Br)cn2nc(Cl)nc(NCc3cscn3)c12. The summed E-state index contributed by atoms with van der Waals surface area (Å²) in [5, 5.41) is 8.86. The van der Waals surface area contributed by atoms with Crippen molar-refractivity contribution >= 4 is 50.2 Å². The van der Waals surface area contributed by atoms with Gasteiger partial charge in [0.25, 0.3) is 0 Å². The number of hydrogen-bond donors (Lipinski definition) is 1. The molecule has 19 heavy (non-hydrogen) atoms. The van der Waals surface area contributed by atoms with Gasteiger partial charge in [-0.2, -0.15) is 4.98 Å². The van der Waals surface area contributed by atoms with Crippen molar-refractivity contribution in [3.63, 3.8) is 0 Å². The van der Waals surface area contributed by atoms with Gasteiger partial charge in [0.15, 0.2) is 11.6 Å². The molecule has 3 aromatic rings. The van der Waals surface area contributed by atoms with Crippen LogP contribution in [0.1, 0.15) is 5.69 Å². The minimum absolute atomic E-state index is 0.0378. The summed E-state index contributed by atoms with van der Waals surface area (Å²) in [5.74, 6) is -0.103. The Morgan fingerprint density at radius 2 is 2.37 bits per heavy atom. The molecule has 9 heteroatoms. The van der Waals surface area contributed by atoms with E-state index in [1.165, 1.54) is 22.0 Å². The molecule has 5 nitrogen and oxygen atoms in total. The zero-order chi connectivity index (χ0) is 13.4. The van der Waals surface area contributed by atoms with Gasteiger partial charge in [-0.05, 0) is 27.5 Å². The summed E-state index contributed by atoms with van der Waals surface area (Å²) in [5.41, 5.74) is 2.82. The third-order valence-corrected chi connectivity index (χ3v) is 3.77. The lowest BCUT2D eigenvalue weighted by atomic mass is 10.4. The molecular formula is C10H6BrClFN5S. The monoisotopic (exact) mass is 361 g/mol. The second-order valence-electron chi connectivity index (χ2n) is 3.65. The molecule has 0 amide bonds. The molecule has 0 atom stereocenters. The fourth-order valence-corrected chi connectivity index (χ4v) is 2.72. The van der Waals surface area contributed by atoms with Crippen molar-refractivity contribution in [3.8, 4) is 0 Å². The first-order valence-corrected chi connectivity index (χ1v) is 7.27. The van der Waals surface area contributed by atoms with Crippen LogP contribution >= 0.6 is 38.9 Å². The Kier molecular flexibility index (Phi) is 3.38. The van der Waals surface area contributed by atoms with Gasteiger partial charge in [0.05, 0.1) is 22.2 Å². The van der Waals surface area contributed by atoms with Crippen LogP contribution in [0.4, 0.5) is 10.2 Å². The molecule has 0 unspecified atom stereocenters. The Balaban J connectivity index is 2.01. The number of hydrogen-bond acceptors (Lipinski definition) is 5. The van der Waals surface area contributed by atoms with Crippen LogP contribution in [0.3, 0.4) is 0 Å². The molecule has 0 spiro atoms. The van der Waals surface area contributed by atoms with Gasteiger partial charge in [0.2, 0.25) is 5.28 Å². The highest BCUT2D eigenvalue weighted by molar-refractivity contribution is 9.10. The highest BCUT2D eigenvalue weighted by Crippen LogP contribution is 2.27. The fraction of sp³-hybridized carbons (Fsp3) is 0.100. The van der Waals surface area contributed by atoms with Crippen LogP contribution in [0, 0.1) is 5.82 Å². The van der Waals surface area contributed by atoms with E-state index in [1.54, 1.807) is 5.51 Å². The van der Waals surface area contributed by atoms with Crippen LogP contribution in [-0.2, 0) is 6.54 Å². The van der Waals surface area contributed by atoms with Gasteiger partial charge in [0.1, 0.15) is 5.52 Å².